The molecule has 1 N–H and O–H groups in total. The Morgan fingerprint density at radius 3 is 2.77 bits per heavy atom. The molecule has 2 aromatic heterocycles. The number of aromatic nitrogens is 1. The number of halogens is 1. The van der Waals surface area contributed by atoms with Crippen molar-refractivity contribution >= 4 is 44.4 Å². The van der Waals surface area contributed by atoms with E-state index < -0.39 is 0 Å². The van der Waals surface area contributed by atoms with Crippen LogP contribution in [0.4, 0.5) is 5.13 Å². The van der Waals surface area contributed by atoms with Crippen LogP contribution in [0.15, 0.2) is 62.9 Å². The summed E-state index contributed by atoms with van der Waals surface area (Å²) in [6, 6.07) is 11.5. The number of thiazole rings is 1. The van der Waals surface area contributed by atoms with Crippen LogP contribution in [0.3, 0.4) is 0 Å². The van der Waals surface area contributed by atoms with Gasteiger partial charge in [-0.2, -0.15) is 0 Å². The van der Waals surface area contributed by atoms with Gasteiger partial charge in [0.25, 0.3) is 0 Å². The number of hydrogen-bond acceptors (Lipinski definition) is 4. The molecule has 0 saturated heterocycles. The maximum Gasteiger partial charge on any atom is 0.250 e. The first-order valence-corrected chi connectivity index (χ1v) is 8.12. The Hall–Kier alpha value is -2.18. The highest BCUT2D eigenvalue weighted by Crippen LogP contribution is 2.24. The minimum absolute atomic E-state index is 0.239. The second kappa shape index (κ2) is 6.72. The molecule has 110 valence electrons. The zero-order chi connectivity index (χ0) is 15.4. The molecular weight excluding hydrogens is 364 g/mol. The Labute approximate surface area is 139 Å². The summed E-state index contributed by atoms with van der Waals surface area (Å²) >= 11 is 4.77. The molecule has 4 nitrogen and oxygen atoms in total. The molecule has 1 amide bonds. The number of benzene rings is 1. The van der Waals surface area contributed by atoms with Gasteiger partial charge in [-0.1, -0.05) is 28.1 Å². The molecule has 0 aliphatic rings. The summed E-state index contributed by atoms with van der Waals surface area (Å²) in [6.45, 7) is 0. The van der Waals surface area contributed by atoms with Crippen molar-refractivity contribution in [3.63, 3.8) is 0 Å². The largest absolute Gasteiger partial charge is 0.457 e. The number of nitrogens with zero attached hydrogens (tertiary/aromatic N) is 1. The van der Waals surface area contributed by atoms with E-state index in [4.69, 9.17) is 4.42 Å². The third kappa shape index (κ3) is 3.72. The van der Waals surface area contributed by atoms with Crippen LogP contribution in [0, 0.1) is 0 Å². The SMILES string of the molecule is O=C(/C=C/c1ccc(-c2ccc(Br)cc2)o1)Nc1nccs1. The third-order valence-electron chi connectivity index (χ3n) is 2.82. The maximum absolute atomic E-state index is 11.7. The van der Waals surface area contributed by atoms with E-state index in [9.17, 15) is 4.79 Å². The van der Waals surface area contributed by atoms with Crippen molar-refractivity contribution in [1.29, 1.82) is 0 Å². The Morgan fingerprint density at radius 1 is 1.23 bits per heavy atom. The van der Waals surface area contributed by atoms with Gasteiger partial charge in [0.1, 0.15) is 11.5 Å². The molecule has 22 heavy (non-hydrogen) atoms. The Balaban J connectivity index is 1.67. The standard InChI is InChI=1S/C16H11BrN2O2S/c17-12-3-1-11(2-4-12)14-7-5-13(21-14)6-8-15(20)19-16-18-9-10-22-16/h1-10H,(H,18,19,20)/b8-6+. The van der Waals surface area contributed by atoms with Gasteiger partial charge in [0, 0.05) is 27.7 Å². The first-order chi connectivity index (χ1) is 10.7. The quantitative estimate of drug-likeness (QED) is 0.666. The number of carbonyl (C=O) groups excluding carboxylic acids is 1. The Bertz CT molecular complexity index is 792. The van der Waals surface area contributed by atoms with Gasteiger partial charge in [-0.05, 0) is 30.3 Å². The number of carbonyl (C=O) groups is 1. The lowest BCUT2D eigenvalue weighted by Gasteiger charge is -1.97. The summed E-state index contributed by atoms with van der Waals surface area (Å²) in [5, 5.41) is 5.05. The second-order valence-corrected chi connectivity index (χ2v) is 6.18. The van der Waals surface area contributed by atoms with Crippen LogP contribution >= 0.6 is 27.3 Å². The van der Waals surface area contributed by atoms with E-state index in [1.165, 1.54) is 17.4 Å². The summed E-state index contributed by atoms with van der Waals surface area (Å²) in [5.41, 5.74) is 0.982. The molecular formula is C16H11BrN2O2S. The average molecular weight is 375 g/mol. The molecule has 0 radical (unpaired) electrons. The van der Waals surface area contributed by atoms with Crippen molar-refractivity contribution in [1.82, 2.24) is 4.98 Å². The fourth-order valence-corrected chi connectivity index (χ4v) is 2.60. The smallest absolute Gasteiger partial charge is 0.250 e. The van der Waals surface area contributed by atoms with Gasteiger partial charge < -0.3 is 4.42 Å². The Morgan fingerprint density at radius 2 is 2.05 bits per heavy atom. The molecule has 0 spiro atoms. The minimum atomic E-state index is -0.239. The number of nitrogens with one attached hydrogen (secondary N) is 1. The van der Waals surface area contributed by atoms with E-state index in [2.05, 4.69) is 26.2 Å². The predicted molar refractivity (Wildman–Crippen MR) is 91.6 cm³/mol. The minimum Gasteiger partial charge on any atom is -0.457 e. The van der Waals surface area contributed by atoms with E-state index in [0.717, 1.165) is 15.8 Å². The summed E-state index contributed by atoms with van der Waals surface area (Å²) in [5.74, 6) is 1.14. The first kappa shape index (κ1) is 14.7. The van der Waals surface area contributed by atoms with Gasteiger partial charge in [0.15, 0.2) is 5.13 Å². The average Bonchev–Trinajstić information content (AvgIpc) is 3.17. The zero-order valence-electron chi connectivity index (χ0n) is 11.3. The van der Waals surface area contributed by atoms with Crippen LogP contribution in [0.25, 0.3) is 17.4 Å². The third-order valence-corrected chi connectivity index (χ3v) is 4.03. The highest BCUT2D eigenvalue weighted by molar-refractivity contribution is 9.10. The van der Waals surface area contributed by atoms with E-state index >= 15 is 0 Å². The van der Waals surface area contributed by atoms with Gasteiger partial charge >= 0.3 is 0 Å². The predicted octanol–water partition coefficient (Wildman–Crippen LogP) is 4.82. The number of rotatable bonds is 4. The molecule has 0 bridgehead atoms. The summed E-state index contributed by atoms with van der Waals surface area (Å²) in [7, 11) is 0. The van der Waals surface area contributed by atoms with Crippen molar-refractivity contribution in [3.8, 4) is 11.3 Å². The normalized spacial score (nSPS) is 11.0. The van der Waals surface area contributed by atoms with Crippen LogP contribution in [0.5, 0.6) is 0 Å². The number of hydrogen-bond donors (Lipinski definition) is 1. The first-order valence-electron chi connectivity index (χ1n) is 6.45. The molecule has 6 heteroatoms. The molecule has 1 aromatic carbocycles. The highest BCUT2D eigenvalue weighted by atomic mass is 79.9. The zero-order valence-corrected chi connectivity index (χ0v) is 13.7. The van der Waals surface area contributed by atoms with Crippen LogP contribution in [0.1, 0.15) is 5.76 Å². The van der Waals surface area contributed by atoms with Gasteiger partial charge in [0.05, 0.1) is 0 Å². The summed E-state index contributed by atoms with van der Waals surface area (Å²) in [6.07, 6.45) is 4.69. The van der Waals surface area contributed by atoms with E-state index in [-0.39, 0.29) is 5.91 Å². The highest BCUT2D eigenvalue weighted by Gasteiger charge is 2.04. The maximum atomic E-state index is 11.7. The van der Waals surface area contributed by atoms with E-state index in [0.29, 0.717) is 10.9 Å². The second-order valence-electron chi connectivity index (χ2n) is 4.37. The van der Waals surface area contributed by atoms with E-state index in [1.54, 1.807) is 17.7 Å². The molecule has 0 atom stereocenters. The van der Waals surface area contributed by atoms with Crippen molar-refractivity contribution in [3.05, 3.63) is 64.3 Å². The molecule has 2 heterocycles. The lowest BCUT2D eigenvalue weighted by atomic mass is 10.2. The molecule has 0 aliphatic heterocycles. The topological polar surface area (TPSA) is 55.1 Å². The molecule has 0 aliphatic carbocycles. The fraction of sp³-hybridized carbons (Fsp3) is 0. The molecule has 3 rings (SSSR count). The molecule has 0 unspecified atom stereocenters. The van der Waals surface area contributed by atoms with Gasteiger partial charge in [-0.25, -0.2) is 4.98 Å². The van der Waals surface area contributed by atoms with Crippen LogP contribution in [0.2, 0.25) is 0 Å². The molecule has 3 aromatic rings. The van der Waals surface area contributed by atoms with Gasteiger partial charge in [-0.3, -0.25) is 10.1 Å². The van der Waals surface area contributed by atoms with Crippen LogP contribution in [-0.4, -0.2) is 10.9 Å². The molecule has 0 saturated carbocycles. The molecule has 0 fully saturated rings. The lowest BCUT2D eigenvalue weighted by Crippen LogP contribution is -2.06. The van der Waals surface area contributed by atoms with Crippen LogP contribution < -0.4 is 5.32 Å². The fourth-order valence-electron chi connectivity index (χ4n) is 1.80. The van der Waals surface area contributed by atoms with Crippen molar-refractivity contribution < 1.29 is 9.21 Å². The van der Waals surface area contributed by atoms with Crippen molar-refractivity contribution in [2.45, 2.75) is 0 Å². The van der Waals surface area contributed by atoms with Crippen molar-refractivity contribution in [2.75, 3.05) is 5.32 Å². The number of amides is 1. The number of furan rings is 1. The number of anilines is 1. The van der Waals surface area contributed by atoms with Crippen LogP contribution in [-0.2, 0) is 4.79 Å². The van der Waals surface area contributed by atoms with E-state index in [1.807, 2.05) is 36.4 Å². The lowest BCUT2D eigenvalue weighted by molar-refractivity contribution is -0.111. The monoisotopic (exact) mass is 374 g/mol. The summed E-state index contributed by atoms with van der Waals surface area (Å²) < 4.78 is 6.72. The van der Waals surface area contributed by atoms with Gasteiger partial charge in [-0.15, -0.1) is 11.3 Å². The van der Waals surface area contributed by atoms with Gasteiger partial charge in [0.2, 0.25) is 5.91 Å². The summed E-state index contributed by atoms with van der Waals surface area (Å²) in [4.78, 5) is 15.7. The Kier molecular flexibility index (Phi) is 4.50. The van der Waals surface area contributed by atoms with Crippen molar-refractivity contribution in [2.24, 2.45) is 0 Å².